The van der Waals surface area contributed by atoms with Crippen molar-refractivity contribution in [1.29, 1.82) is 0 Å². The van der Waals surface area contributed by atoms with Crippen molar-refractivity contribution in [1.82, 2.24) is 4.90 Å². The highest BCUT2D eigenvalue weighted by Gasteiger charge is 2.58. The summed E-state index contributed by atoms with van der Waals surface area (Å²) in [7, 11) is 0. The van der Waals surface area contributed by atoms with E-state index in [1.54, 1.807) is 0 Å². The van der Waals surface area contributed by atoms with Crippen LogP contribution in [0.1, 0.15) is 19.3 Å². The first-order chi connectivity index (χ1) is 10.1. The standard InChI is InChI=1S/C15H19NO4S/c1-21-7-6-10(15(19)20)16-13(17)11-8-2-3-9(5-4-8)12(11)14(16)18/h2-3,8-12H,4-7H2,1H3,(H,19,20). The summed E-state index contributed by atoms with van der Waals surface area (Å²) in [6.07, 6.45) is 8.14. The van der Waals surface area contributed by atoms with Crippen LogP contribution in [0.3, 0.4) is 0 Å². The van der Waals surface area contributed by atoms with Gasteiger partial charge in [-0.05, 0) is 43.1 Å². The van der Waals surface area contributed by atoms with E-state index in [4.69, 9.17) is 0 Å². The molecule has 21 heavy (non-hydrogen) atoms. The SMILES string of the molecule is CSCCC(C(=O)O)N1C(=O)C2C3C=CC(CC3)C2C1=O. The fourth-order valence-electron chi connectivity index (χ4n) is 4.00. The molecular weight excluding hydrogens is 290 g/mol. The van der Waals surface area contributed by atoms with E-state index in [-0.39, 0.29) is 35.5 Å². The van der Waals surface area contributed by atoms with Crippen LogP contribution < -0.4 is 0 Å². The van der Waals surface area contributed by atoms with E-state index in [0.717, 1.165) is 17.7 Å². The molecule has 0 radical (unpaired) electrons. The van der Waals surface area contributed by atoms with Crippen LogP contribution in [-0.4, -0.2) is 45.8 Å². The highest BCUT2D eigenvalue weighted by molar-refractivity contribution is 7.98. The second-order valence-corrected chi connectivity index (χ2v) is 7.01. The Hall–Kier alpha value is -1.30. The number of allylic oxidation sites excluding steroid dienone is 2. The number of aliphatic carboxylic acids is 1. The molecule has 0 spiro atoms. The van der Waals surface area contributed by atoms with Gasteiger partial charge in [0.1, 0.15) is 6.04 Å². The lowest BCUT2D eigenvalue weighted by molar-refractivity contribution is -0.155. The number of amides is 2. The minimum absolute atomic E-state index is 0.108. The molecule has 5 atom stereocenters. The van der Waals surface area contributed by atoms with E-state index < -0.39 is 12.0 Å². The number of carbonyl (C=O) groups is 3. The third kappa shape index (κ3) is 2.20. The highest BCUT2D eigenvalue weighted by atomic mass is 32.2. The van der Waals surface area contributed by atoms with Crippen molar-refractivity contribution in [2.45, 2.75) is 25.3 Å². The average Bonchev–Trinajstić information content (AvgIpc) is 2.76. The van der Waals surface area contributed by atoms with Crippen LogP contribution in [0.15, 0.2) is 12.2 Å². The molecule has 0 aromatic heterocycles. The molecule has 2 amide bonds. The van der Waals surface area contributed by atoms with Crippen LogP contribution in [0.25, 0.3) is 0 Å². The zero-order valence-corrected chi connectivity index (χ0v) is 12.7. The molecule has 1 aliphatic heterocycles. The van der Waals surface area contributed by atoms with Crippen molar-refractivity contribution >= 4 is 29.5 Å². The molecule has 5 nitrogen and oxygen atoms in total. The Morgan fingerprint density at radius 2 is 1.81 bits per heavy atom. The van der Waals surface area contributed by atoms with Crippen molar-refractivity contribution < 1.29 is 19.5 Å². The molecule has 2 fully saturated rings. The fourth-order valence-corrected chi connectivity index (χ4v) is 4.46. The Labute approximate surface area is 127 Å². The van der Waals surface area contributed by atoms with Crippen LogP contribution in [0, 0.1) is 23.7 Å². The molecule has 4 rings (SSSR count). The number of hydrogen-bond acceptors (Lipinski definition) is 4. The van der Waals surface area contributed by atoms with Crippen molar-refractivity contribution in [3.05, 3.63) is 12.2 Å². The molecule has 3 aliphatic carbocycles. The van der Waals surface area contributed by atoms with Crippen molar-refractivity contribution in [2.24, 2.45) is 23.7 Å². The molecule has 4 aliphatic rings. The first kappa shape index (κ1) is 14.6. The molecule has 5 unspecified atom stereocenters. The molecule has 1 saturated heterocycles. The monoisotopic (exact) mass is 309 g/mol. The number of imide groups is 1. The van der Waals surface area contributed by atoms with E-state index in [1.165, 1.54) is 11.8 Å². The largest absolute Gasteiger partial charge is 0.480 e. The lowest BCUT2D eigenvalue weighted by Gasteiger charge is -2.38. The van der Waals surface area contributed by atoms with Crippen molar-refractivity contribution in [3.8, 4) is 0 Å². The van der Waals surface area contributed by atoms with Gasteiger partial charge in [0, 0.05) is 0 Å². The quantitative estimate of drug-likeness (QED) is 0.613. The summed E-state index contributed by atoms with van der Waals surface area (Å²) in [6.45, 7) is 0. The maximum Gasteiger partial charge on any atom is 0.326 e. The molecule has 1 N–H and O–H groups in total. The summed E-state index contributed by atoms with van der Waals surface area (Å²) < 4.78 is 0. The minimum atomic E-state index is -1.08. The molecular formula is C15H19NO4S. The summed E-state index contributed by atoms with van der Waals surface area (Å²) in [6, 6.07) is -1.01. The van der Waals surface area contributed by atoms with Crippen molar-refractivity contribution in [2.75, 3.05) is 12.0 Å². The summed E-state index contributed by atoms with van der Waals surface area (Å²) in [4.78, 5) is 37.9. The van der Waals surface area contributed by atoms with E-state index in [0.29, 0.717) is 12.2 Å². The number of carboxylic acids is 1. The zero-order chi connectivity index (χ0) is 15.1. The second-order valence-electron chi connectivity index (χ2n) is 6.02. The van der Waals surface area contributed by atoms with Crippen LogP contribution >= 0.6 is 11.8 Å². The number of likely N-dealkylation sites (tertiary alicyclic amines) is 1. The summed E-state index contributed by atoms with van der Waals surface area (Å²) in [5.74, 6) is -1.42. The third-order valence-electron chi connectivity index (χ3n) is 4.99. The summed E-state index contributed by atoms with van der Waals surface area (Å²) in [5.41, 5.74) is 0. The molecule has 114 valence electrons. The third-order valence-corrected chi connectivity index (χ3v) is 5.63. The van der Waals surface area contributed by atoms with Gasteiger partial charge < -0.3 is 5.11 Å². The number of nitrogens with zero attached hydrogens (tertiary/aromatic N) is 1. The lowest BCUT2D eigenvalue weighted by Crippen LogP contribution is -2.46. The molecule has 1 saturated carbocycles. The van der Waals surface area contributed by atoms with E-state index in [2.05, 4.69) is 0 Å². The summed E-state index contributed by atoms with van der Waals surface area (Å²) in [5, 5.41) is 9.41. The smallest absolute Gasteiger partial charge is 0.326 e. The first-order valence-electron chi connectivity index (χ1n) is 7.33. The number of fused-ring (bicyclic) bond motifs is 1. The van der Waals surface area contributed by atoms with Gasteiger partial charge in [-0.25, -0.2) is 4.79 Å². The topological polar surface area (TPSA) is 74.7 Å². The molecule has 6 heteroatoms. The lowest BCUT2D eigenvalue weighted by atomic mass is 9.63. The van der Waals surface area contributed by atoms with E-state index >= 15 is 0 Å². The molecule has 0 aromatic carbocycles. The Bertz CT molecular complexity index is 486. The van der Waals surface area contributed by atoms with Gasteiger partial charge in [-0.1, -0.05) is 12.2 Å². The molecule has 0 aromatic rings. The van der Waals surface area contributed by atoms with Gasteiger partial charge in [0.05, 0.1) is 11.8 Å². The number of hydrogen-bond donors (Lipinski definition) is 1. The molecule has 2 bridgehead atoms. The maximum absolute atomic E-state index is 12.7. The number of carboxylic acid groups (broad SMARTS) is 1. The fraction of sp³-hybridized carbons (Fsp3) is 0.667. The minimum Gasteiger partial charge on any atom is -0.480 e. The highest BCUT2D eigenvalue weighted by Crippen LogP contribution is 2.50. The van der Waals surface area contributed by atoms with E-state index in [1.807, 2.05) is 18.4 Å². The van der Waals surface area contributed by atoms with Gasteiger partial charge in [0.15, 0.2) is 0 Å². The van der Waals surface area contributed by atoms with Gasteiger partial charge >= 0.3 is 5.97 Å². The average molecular weight is 309 g/mol. The Kier molecular flexibility index (Phi) is 3.82. The Balaban J connectivity index is 1.89. The summed E-state index contributed by atoms with van der Waals surface area (Å²) >= 11 is 1.52. The number of carbonyl (C=O) groups excluding carboxylic acids is 2. The molecule has 1 heterocycles. The number of rotatable bonds is 5. The van der Waals surface area contributed by atoms with Crippen LogP contribution in [0.4, 0.5) is 0 Å². The Morgan fingerprint density at radius 3 is 2.19 bits per heavy atom. The predicted molar refractivity (Wildman–Crippen MR) is 78.6 cm³/mol. The second kappa shape index (κ2) is 5.48. The number of thioether (sulfide) groups is 1. The van der Waals surface area contributed by atoms with Gasteiger partial charge in [-0.2, -0.15) is 11.8 Å². The van der Waals surface area contributed by atoms with Gasteiger partial charge in [-0.15, -0.1) is 0 Å². The maximum atomic E-state index is 12.7. The van der Waals surface area contributed by atoms with E-state index in [9.17, 15) is 19.5 Å². The first-order valence-corrected chi connectivity index (χ1v) is 8.72. The zero-order valence-electron chi connectivity index (χ0n) is 11.9. The van der Waals surface area contributed by atoms with Crippen LogP contribution in [-0.2, 0) is 14.4 Å². The van der Waals surface area contributed by atoms with Crippen LogP contribution in [0.5, 0.6) is 0 Å². The predicted octanol–water partition coefficient (Wildman–Crippen LogP) is 1.39. The van der Waals surface area contributed by atoms with Gasteiger partial charge in [0.2, 0.25) is 11.8 Å². The Morgan fingerprint density at radius 1 is 1.29 bits per heavy atom. The van der Waals surface area contributed by atoms with Crippen molar-refractivity contribution in [3.63, 3.8) is 0 Å². The van der Waals surface area contributed by atoms with Gasteiger partial charge in [-0.3, -0.25) is 14.5 Å². The normalized spacial score (nSPS) is 35.2. The van der Waals surface area contributed by atoms with Crippen LogP contribution in [0.2, 0.25) is 0 Å². The van der Waals surface area contributed by atoms with Gasteiger partial charge in [0.25, 0.3) is 0 Å².